The highest BCUT2D eigenvalue weighted by Crippen LogP contribution is 2.17. The normalized spacial score (nSPS) is 10.0. The third-order valence-electron chi connectivity index (χ3n) is 2.26. The molecule has 17 heavy (non-hydrogen) atoms. The van der Waals surface area contributed by atoms with E-state index in [1.54, 1.807) is 7.05 Å². The molecule has 1 heterocycles. The predicted octanol–water partition coefficient (Wildman–Crippen LogP) is 2.15. The second-order valence-electron chi connectivity index (χ2n) is 3.72. The van der Waals surface area contributed by atoms with Crippen LogP contribution in [-0.2, 0) is 0 Å². The van der Waals surface area contributed by atoms with Gasteiger partial charge in [0, 0.05) is 30.2 Å². The Balaban J connectivity index is 2.23. The molecular weight excluding hydrogens is 214 g/mol. The van der Waals surface area contributed by atoms with E-state index in [4.69, 9.17) is 5.73 Å². The van der Waals surface area contributed by atoms with Gasteiger partial charge in [0.1, 0.15) is 5.82 Å². The van der Waals surface area contributed by atoms with Gasteiger partial charge >= 0.3 is 0 Å². The van der Waals surface area contributed by atoms with Crippen molar-refractivity contribution < 1.29 is 0 Å². The summed E-state index contributed by atoms with van der Waals surface area (Å²) in [6.45, 7) is 1.93. The van der Waals surface area contributed by atoms with Crippen molar-refractivity contribution in [2.75, 3.05) is 23.4 Å². The van der Waals surface area contributed by atoms with Crippen LogP contribution in [0.3, 0.4) is 0 Å². The first-order chi connectivity index (χ1) is 8.17. The third kappa shape index (κ3) is 2.84. The van der Waals surface area contributed by atoms with Gasteiger partial charge < -0.3 is 16.4 Å². The van der Waals surface area contributed by atoms with Crippen molar-refractivity contribution >= 4 is 23.1 Å². The quantitative estimate of drug-likeness (QED) is 0.703. The monoisotopic (exact) mass is 229 g/mol. The molecule has 0 unspecified atom stereocenters. The zero-order chi connectivity index (χ0) is 12.3. The van der Waals surface area contributed by atoms with Crippen LogP contribution in [0.25, 0.3) is 0 Å². The van der Waals surface area contributed by atoms with Gasteiger partial charge in [-0.1, -0.05) is 0 Å². The average Bonchev–Trinajstić information content (AvgIpc) is 2.31. The first-order valence-corrected chi connectivity index (χ1v) is 5.33. The Hall–Kier alpha value is -2.30. The molecule has 1 aromatic carbocycles. The summed E-state index contributed by atoms with van der Waals surface area (Å²) in [6.07, 6.45) is 0. The van der Waals surface area contributed by atoms with Gasteiger partial charge in [-0.25, -0.2) is 4.98 Å². The standard InChI is InChI=1S/C12H15N5/c1-8-7-11(17-12(14-2)15-8)16-10-5-3-9(13)4-6-10/h3-7H,13H2,1-2H3,(H2,14,15,16,17). The minimum absolute atomic E-state index is 0.600. The fourth-order valence-electron chi connectivity index (χ4n) is 1.46. The Morgan fingerprint density at radius 3 is 2.47 bits per heavy atom. The van der Waals surface area contributed by atoms with Crippen LogP contribution in [0.1, 0.15) is 5.69 Å². The lowest BCUT2D eigenvalue weighted by Gasteiger charge is -2.08. The molecule has 0 spiro atoms. The zero-order valence-electron chi connectivity index (χ0n) is 9.86. The molecule has 0 radical (unpaired) electrons. The van der Waals surface area contributed by atoms with E-state index >= 15 is 0 Å². The van der Waals surface area contributed by atoms with Crippen molar-refractivity contribution in [2.24, 2.45) is 0 Å². The molecule has 1 aromatic heterocycles. The van der Waals surface area contributed by atoms with Gasteiger partial charge in [-0.05, 0) is 31.2 Å². The molecule has 0 saturated heterocycles. The van der Waals surface area contributed by atoms with Gasteiger partial charge in [0.25, 0.3) is 0 Å². The van der Waals surface area contributed by atoms with E-state index in [1.807, 2.05) is 37.3 Å². The van der Waals surface area contributed by atoms with E-state index in [1.165, 1.54) is 0 Å². The lowest BCUT2D eigenvalue weighted by Crippen LogP contribution is -2.01. The number of anilines is 4. The summed E-state index contributed by atoms with van der Waals surface area (Å²) in [6, 6.07) is 9.39. The van der Waals surface area contributed by atoms with Crippen LogP contribution in [0.5, 0.6) is 0 Å². The Morgan fingerprint density at radius 2 is 1.82 bits per heavy atom. The van der Waals surface area contributed by atoms with Crippen molar-refractivity contribution in [2.45, 2.75) is 6.92 Å². The lowest BCUT2D eigenvalue weighted by atomic mass is 10.3. The predicted molar refractivity (Wildman–Crippen MR) is 70.5 cm³/mol. The Bertz CT molecular complexity index is 507. The maximum Gasteiger partial charge on any atom is 0.224 e. The minimum atomic E-state index is 0.600. The van der Waals surface area contributed by atoms with Crippen LogP contribution in [-0.4, -0.2) is 17.0 Å². The molecule has 2 rings (SSSR count). The number of nitrogens with one attached hydrogen (secondary N) is 2. The first kappa shape index (κ1) is 11.2. The Labute approximate surface area is 100 Å². The summed E-state index contributed by atoms with van der Waals surface area (Å²) < 4.78 is 0. The molecule has 5 heteroatoms. The van der Waals surface area contributed by atoms with Crippen LogP contribution in [0, 0.1) is 6.92 Å². The molecule has 0 aliphatic heterocycles. The number of nitrogens with two attached hydrogens (primary N) is 1. The summed E-state index contributed by atoms with van der Waals surface area (Å²) in [5, 5.41) is 6.12. The van der Waals surface area contributed by atoms with Crippen molar-refractivity contribution in [3.63, 3.8) is 0 Å². The third-order valence-corrected chi connectivity index (χ3v) is 2.26. The van der Waals surface area contributed by atoms with E-state index in [2.05, 4.69) is 20.6 Å². The van der Waals surface area contributed by atoms with Crippen LogP contribution in [0.2, 0.25) is 0 Å². The van der Waals surface area contributed by atoms with Gasteiger partial charge in [-0.3, -0.25) is 0 Å². The molecule has 0 aliphatic carbocycles. The van der Waals surface area contributed by atoms with Crippen molar-refractivity contribution in [3.8, 4) is 0 Å². The smallest absolute Gasteiger partial charge is 0.224 e. The van der Waals surface area contributed by atoms with Crippen molar-refractivity contribution in [3.05, 3.63) is 36.0 Å². The average molecular weight is 229 g/mol. The molecular formula is C12H15N5. The molecule has 2 aromatic rings. The summed E-state index contributed by atoms with van der Waals surface area (Å²) in [4.78, 5) is 8.53. The number of hydrogen-bond acceptors (Lipinski definition) is 5. The summed E-state index contributed by atoms with van der Waals surface area (Å²) in [5.74, 6) is 1.36. The minimum Gasteiger partial charge on any atom is -0.399 e. The van der Waals surface area contributed by atoms with Gasteiger partial charge in [0.2, 0.25) is 5.95 Å². The number of nitrogens with zero attached hydrogens (tertiary/aromatic N) is 2. The lowest BCUT2D eigenvalue weighted by molar-refractivity contribution is 1.10. The number of nitrogen functional groups attached to an aromatic ring is 1. The molecule has 4 N–H and O–H groups in total. The summed E-state index contributed by atoms with van der Waals surface area (Å²) in [7, 11) is 1.79. The second kappa shape index (κ2) is 4.69. The number of aryl methyl sites for hydroxylation is 1. The number of hydrogen-bond donors (Lipinski definition) is 3. The molecule has 5 nitrogen and oxygen atoms in total. The Morgan fingerprint density at radius 1 is 1.12 bits per heavy atom. The fraction of sp³-hybridized carbons (Fsp3) is 0.167. The van der Waals surface area contributed by atoms with Crippen LogP contribution in [0.4, 0.5) is 23.1 Å². The Kier molecular flexibility index (Phi) is 3.09. The highest BCUT2D eigenvalue weighted by Gasteiger charge is 2.01. The zero-order valence-corrected chi connectivity index (χ0v) is 9.86. The van der Waals surface area contributed by atoms with Crippen LogP contribution in [0.15, 0.2) is 30.3 Å². The van der Waals surface area contributed by atoms with Crippen LogP contribution < -0.4 is 16.4 Å². The second-order valence-corrected chi connectivity index (χ2v) is 3.72. The van der Waals surface area contributed by atoms with Gasteiger partial charge in [-0.2, -0.15) is 4.98 Å². The van der Waals surface area contributed by atoms with E-state index in [0.29, 0.717) is 5.95 Å². The maximum absolute atomic E-state index is 5.63. The van der Waals surface area contributed by atoms with E-state index in [9.17, 15) is 0 Å². The van der Waals surface area contributed by atoms with Crippen LogP contribution >= 0.6 is 0 Å². The van der Waals surface area contributed by atoms with Crippen molar-refractivity contribution in [1.29, 1.82) is 0 Å². The summed E-state index contributed by atoms with van der Waals surface area (Å²) >= 11 is 0. The van der Waals surface area contributed by atoms with E-state index < -0.39 is 0 Å². The molecule has 0 bridgehead atoms. The number of aromatic nitrogens is 2. The highest BCUT2D eigenvalue weighted by atomic mass is 15.1. The SMILES string of the molecule is CNc1nc(C)cc(Nc2ccc(N)cc2)n1. The van der Waals surface area contributed by atoms with E-state index in [0.717, 1.165) is 22.9 Å². The van der Waals surface area contributed by atoms with E-state index in [-0.39, 0.29) is 0 Å². The maximum atomic E-state index is 5.63. The molecule has 0 atom stereocenters. The first-order valence-electron chi connectivity index (χ1n) is 5.33. The number of rotatable bonds is 3. The summed E-state index contributed by atoms with van der Waals surface area (Å²) in [5.41, 5.74) is 8.22. The van der Waals surface area contributed by atoms with Gasteiger partial charge in [-0.15, -0.1) is 0 Å². The molecule has 0 saturated carbocycles. The van der Waals surface area contributed by atoms with Gasteiger partial charge in [0.05, 0.1) is 0 Å². The van der Waals surface area contributed by atoms with Gasteiger partial charge in [0.15, 0.2) is 0 Å². The fourth-order valence-corrected chi connectivity index (χ4v) is 1.46. The highest BCUT2D eigenvalue weighted by molar-refractivity contribution is 5.60. The topological polar surface area (TPSA) is 75.9 Å². The molecule has 0 amide bonds. The van der Waals surface area contributed by atoms with Crippen molar-refractivity contribution in [1.82, 2.24) is 9.97 Å². The molecule has 88 valence electrons. The molecule has 0 fully saturated rings. The number of benzene rings is 1. The molecule has 0 aliphatic rings. The largest absolute Gasteiger partial charge is 0.399 e.